The number of benzene rings is 2. The van der Waals surface area contributed by atoms with Gasteiger partial charge in [-0.25, -0.2) is 0 Å². The number of nitrogens with one attached hydrogen (secondary N) is 2. The largest absolute Gasteiger partial charge is 0.394 e. The number of hydrogen-bond donors (Lipinski definition) is 3. The van der Waals surface area contributed by atoms with Crippen molar-refractivity contribution in [1.29, 1.82) is 0 Å². The molecule has 8 heteroatoms. The number of para-hydroxylation sites is 2. The summed E-state index contributed by atoms with van der Waals surface area (Å²) in [5, 5.41) is 15.7. The third-order valence-electron chi connectivity index (χ3n) is 9.88. The molecule has 0 saturated carbocycles. The maximum Gasteiger partial charge on any atom is 0.279 e. The summed E-state index contributed by atoms with van der Waals surface area (Å²) in [6.07, 6.45) is 10.8. The second-order valence-electron chi connectivity index (χ2n) is 13.7. The zero-order valence-corrected chi connectivity index (χ0v) is 30.0. The number of rotatable bonds is 21. The van der Waals surface area contributed by atoms with Crippen LogP contribution in [0, 0.1) is 27.7 Å². The van der Waals surface area contributed by atoms with Gasteiger partial charge in [0.1, 0.15) is 6.54 Å². The van der Waals surface area contributed by atoms with E-state index in [1.165, 1.54) is 0 Å². The first-order valence-corrected chi connectivity index (χ1v) is 18.2. The predicted molar refractivity (Wildman–Crippen MR) is 194 cm³/mol. The summed E-state index contributed by atoms with van der Waals surface area (Å²) in [7, 11) is 0. The van der Waals surface area contributed by atoms with Crippen LogP contribution in [0.5, 0.6) is 0 Å². The Morgan fingerprint density at radius 2 is 1.40 bits per heavy atom. The number of carbonyl (C=O) groups is 2. The Morgan fingerprint density at radius 1 is 0.809 bits per heavy atom. The zero-order valence-electron chi connectivity index (χ0n) is 30.0. The minimum Gasteiger partial charge on any atom is -0.394 e. The number of nitrogens with zero attached hydrogens (tertiary/aromatic N) is 2. The Balaban J connectivity index is 1.58. The van der Waals surface area contributed by atoms with Crippen LogP contribution in [-0.2, 0) is 14.3 Å². The van der Waals surface area contributed by atoms with Crippen LogP contribution in [-0.4, -0.2) is 91.4 Å². The number of carbonyl (C=O) groups excluding carboxylic acids is 2. The molecule has 1 saturated heterocycles. The van der Waals surface area contributed by atoms with Gasteiger partial charge < -0.3 is 25.0 Å². The summed E-state index contributed by atoms with van der Waals surface area (Å²) >= 11 is 0. The smallest absolute Gasteiger partial charge is 0.279 e. The zero-order chi connectivity index (χ0) is 34.1. The number of unbranched alkanes of at least 4 members (excludes halogenated alkanes) is 5. The van der Waals surface area contributed by atoms with Crippen LogP contribution in [0.15, 0.2) is 36.4 Å². The van der Waals surface area contributed by atoms with Crippen molar-refractivity contribution in [2.75, 3.05) is 69.7 Å². The number of ether oxygens (including phenoxy) is 1. The highest BCUT2D eigenvalue weighted by atomic mass is 16.5. The van der Waals surface area contributed by atoms with Crippen LogP contribution >= 0.6 is 0 Å². The Kier molecular flexibility index (Phi) is 16.9. The van der Waals surface area contributed by atoms with Crippen molar-refractivity contribution in [3.63, 3.8) is 0 Å². The molecule has 0 aliphatic carbocycles. The molecule has 262 valence electrons. The van der Waals surface area contributed by atoms with E-state index in [9.17, 15) is 14.7 Å². The second-order valence-corrected chi connectivity index (χ2v) is 13.7. The maximum atomic E-state index is 13.6. The highest BCUT2D eigenvalue weighted by Crippen LogP contribution is 2.24. The van der Waals surface area contributed by atoms with Crippen LogP contribution in [0.4, 0.5) is 11.4 Å². The molecule has 47 heavy (non-hydrogen) atoms. The lowest BCUT2D eigenvalue weighted by Gasteiger charge is -2.38. The van der Waals surface area contributed by atoms with Gasteiger partial charge in [0.15, 0.2) is 6.54 Å². The molecular formula is C39H63N4O4+. The first-order valence-electron chi connectivity index (χ1n) is 18.2. The number of quaternary nitrogens is 1. The molecule has 3 rings (SSSR count). The quantitative estimate of drug-likeness (QED) is 0.101. The van der Waals surface area contributed by atoms with Crippen molar-refractivity contribution < 1.29 is 23.9 Å². The van der Waals surface area contributed by atoms with Crippen molar-refractivity contribution in [3.05, 3.63) is 58.7 Å². The molecule has 1 aliphatic rings. The van der Waals surface area contributed by atoms with E-state index in [1.807, 2.05) is 38.1 Å². The molecule has 1 aliphatic heterocycles. The van der Waals surface area contributed by atoms with Gasteiger partial charge in [0.2, 0.25) is 5.91 Å². The molecule has 2 aromatic rings. The van der Waals surface area contributed by atoms with Gasteiger partial charge in [-0.05, 0) is 108 Å². The van der Waals surface area contributed by atoms with Gasteiger partial charge in [-0.1, -0.05) is 62.6 Å². The maximum absolute atomic E-state index is 13.6. The Bertz CT molecular complexity index is 1210. The number of hydrogen-bond acceptors (Lipinski definition) is 5. The van der Waals surface area contributed by atoms with E-state index in [2.05, 4.69) is 48.4 Å². The third-order valence-corrected chi connectivity index (χ3v) is 9.88. The fourth-order valence-corrected chi connectivity index (χ4v) is 7.08. The Labute approximate surface area is 284 Å². The van der Waals surface area contributed by atoms with E-state index in [1.54, 1.807) is 0 Å². The van der Waals surface area contributed by atoms with Crippen molar-refractivity contribution in [3.8, 4) is 0 Å². The standard InChI is InChI=1S/C39H62N4O4/c1-6-7-13-24-43(26-28-47-29-27-44,30-36(45)40-37-31(2)17-15-18-32(37)3)25-14-9-8-11-22-42-23-12-10-21-35(42)39(46)41-38-33(4)19-16-20-34(38)5/h15-20,35,44H,6-14,21-30H2,1-5H3,(H-,40,41,45,46)/p+1. The molecule has 1 heterocycles. The van der Waals surface area contributed by atoms with Crippen LogP contribution in [0.1, 0.15) is 93.4 Å². The molecule has 2 aromatic carbocycles. The van der Waals surface area contributed by atoms with Crippen molar-refractivity contribution in [2.24, 2.45) is 0 Å². The monoisotopic (exact) mass is 651 g/mol. The van der Waals surface area contributed by atoms with Gasteiger partial charge in [0, 0.05) is 11.4 Å². The molecule has 0 spiro atoms. The van der Waals surface area contributed by atoms with Crippen LogP contribution in [0.2, 0.25) is 0 Å². The summed E-state index contributed by atoms with van der Waals surface area (Å²) in [6, 6.07) is 12.2. The number of aryl methyl sites for hydroxylation is 4. The van der Waals surface area contributed by atoms with Crippen LogP contribution < -0.4 is 10.6 Å². The van der Waals surface area contributed by atoms with Crippen molar-refractivity contribution in [1.82, 2.24) is 4.90 Å². The number of piperidine rings is 1. The van der Waals surface area contributed by atoms with E-state index in [0.717, 1.165) is 131 Å². The average Bonchev–Trinajstić information content (AvgIpc) is 3.05. The van der Waals surface area contributed by atoms with Gasteiger partial charge in [0.25, 0.3) is 5.91 Å². The molecular weight excluding hydrogens is 588 g/mol. The lowest BCUT2D eigenvalue weighted by molar-refractivity contribution is -0.921. The fraction of sp³-hybridized carbons (Fsp3) is 0.641. The molecule has 0 bridgehead atoms. The van der Waals surface area contributed by atoms with E-state index < -0.39 is 0 Å². The van der Waals surface area contributed by atoms with Crippen LogP contribution in [0.25, 0.3) is 0 Å². The molecule has 3 N–H and O–H groups in total. The van der Waals surface area contributed by atoms with Crippen molar-refractivity contribution in [2.45, 2.75) is 105 Å². The molecule has 1 fully saturated rings. The first kappa shape index (κ1) is 38.7. The highest BCUT2D eigenvalue weighted by Gasteiger charge is 2.31. The summed E-state index contributed by atoms with van der Waals surface area (Å²) in [5.41, 5.74) is 6.23. The predicted octanol–water partition coefficient (Wildman–Crippen LogP) is 6.93. The molecule has 2 atom stereocenters. The topological polar surface area (TPSA) is 90.9 Å². The minimum atomic E-state index is -0.0695. The van der Waals surface area contributed by atoms with Gasteiger partial charge >= 0.3 is 0 Å². The van der Waals surface area contributed by atoms with E-state index >= 15 is 0 Å². The molecule has 0 aromatic heterocycles. The normalized spacial score (nSPS) is 16.5. The third kappa shape index (κ3) is 12.6. The van der Waals surface area contributed by atoms with E-state index in [-0.39, 0.29) is 24.5 Å². The highest BCUT2D eigenvalue weighted by molar-refractivity contribution is 5.96. The summed E-state index contributed by atoms with van der Waals surface area (Å²) < 4.78 is 6.44. The second kappa shape index (κ2) is 20.6. The number of amides is 2. The van der Waals surface area contributed by atoms with Gasteiger partial charge in [-0.15, -0.1) is 0 Å². The fourth-order valence-electron chi connectivity index (χ4n) is 7.08. The summed E-state index contributed by atoms with van der Waals surface area (Å²) in [6.45, 7) is 16.2. The average molecular weight is 652 g/mol. The van der Waals surface area contributed by atoms with E-state index in [4.69, 9.17) is 4.74 Å². The Hall–Kier alpha value is -2.78. The van der Waals surface area contributed by atoms with Crippen molar-refractivity contribution >= 4 is 23.2 Å². The van der Waals surface area contributed by atoms with Gasteiger partial charge in [0.05, 0.1) is 39.0 Å². The minimum absolute atomic E-state index is 0.00789. The molecule has 0 radical (unpaired) electrons. The molecule has 2 amide bonds. The Morgan fingerprint density at radius 3 is 2.02 bits per heavy atom. The number of anilines is 2. The van der Waals surface area contributed by atoms with Gasteiger partial charge in [-0.3, -0.25) is 14.5 Å². The number of aliphatic hydroxyl groups excluding tert-OH is 1. The lowest BCUT2D eigenvalue weighted by Crippen LogP contribution is -2.55. The van der Waals surface area contributed by atoms with Crippen LogP contribution in [0.3, 0.4) is 0 Å². The summed E-state index contributed by atoms with van der Waals surface area (Å²) in [5.74, 6) is 0.176. The lowest BCUT2D eigenvalue weighted by atomic mass is 10.00. The molecule has 2 unspecified atom stereocenters. The summed E-state index contributed by atoms with van der Waals surface area (Å²) in [4.78, 5) is 29.3. The SMILES string of the molecule is CCCCC[N+](CCCCCCN1CCCCC1C(=O)Nc1c(C)cccc1C)(CCOCCO)CC(=O)Nc1c(C)cccc1C. The first-order chi connectivity index (χ1) is 22.7. The van der Waals surface area contributed by atoms with Gasteiger partial charge in [-0.2, -0.15) is 0 Å². The number of likely N-dealkylation sites (tertiary alicyclic amines) is 1. The van der Waals surface area contributed by atoms with E-state index in [0.29, 0.717) is 24.2 Å². The molecule has 8 nitrogen and oxygen atoms in total. The number of aliphatic hydroxyl groups is 1.